The molecule has 1 heterocycles. The van der Waals surface area contributed by atoms with Gasteiger partial charge in [0.05, 0.1) is 12.2 Å². The van der Waals surface area contributed by atoms with Gasteiger partial charge in [0.15, 0.2) is 5.96 Å². The van der Waals surface area contributed by atoms with E-state index in [9.17, 15) is 0 Å². The van der Waals surface area contributed by atoms with Gasteiger partial charge in [0.25, 0.3) is 0 Å². The first-order valence-corrected chi connectivity index (χ1v) is 9.32. The average molecular weight is 442 g/mol. The highest BCUT2D eigenvalue weighted by molar-refractivity contribution is 14.0. The molecule has 0 saturated carbocycles. The summed E-state index contributed by atoms with van der Waals surface area (Å²) in [5.74, 6) is 2.58. The Kier molecular flexibility index (Phi) is 12.5. The number of thioether (sulfide) groups is 1. The third-order valence-electron chi connectivity index (χ3n) is 2.86. The van der Waals surface area contributed by atoms with Gasteiger partial charge in [-0.05, 0) is 30.8 Å². The summed E-state index contributed by atoms with van der Waals surface area (Å²) in [6.45, 7) is 6.04. The lowest BCUT2D eigenvalue weighted by atomic mass is 10.2. The van der Waals surface area contributed by atoms with Crippen LogP contribution in [0.4, 0.5) is 0 Å². The molecule has 122 valence electrons. The van der Waals surface area contributed by atoms with Gasteiger partial charge in [0, 0.05) is 19.0 Å². The summed E-state index contributed by atoms with van der Waals surface area (Å²) in [5.41, 5.74) is 1.17. The van der Waals surface area contributed by atoms with Gasteiger partial charge in [-0.3, -0.25) is 4.99 Å². The van der Waals surface area contributed by atoms with Crippen molar-refractivity contribution in [2.24, 2.45) is 4.99 Å². The van der Waals surface area contributed by atoms with Gasteiger partial charge in [-0.15, -0.1) is 35.3 Å². The number of halogens is 1. The smallest absolute Gasteiger partial charge is 0.191 e. The standard InChI is InChI=1S/C14H26N4S2.HI/c1-11(2)12-10-20-13(18-12)9-17-14(15-3)16-7-5-6-8-19-4;/h10-11H,5-9H2,1-4H3,(H2,15,16,17);1H. The Morgan fingerprint density at radius 1 is 1.38 bits per heavy atom. The molecule has 0 aliphatic heterocycles. The SMILES string of the molecule is CN=C(NCCCCSC)NCc1nc(C(C)C)cs1.I. The molecular weight excluding hydrogens is 415 g/mol. The van der Waals surface area contributed by atoms with E-state index in [1.807, 2.05) is 11.8 Å². The second-order valence-corrected chi connectivity index (χ2v) is 6.80. The largest absolute Gasteiger partial charge is 0.356 e. The first kappa shape index (κ1) is 21.0. The molecule has 2 N–H and O–H groups in total. The van der Waals surface area contributed by atoms with Crippen molar-refractivity contribution in [3.63, 3.8) is 0 Å². The van der Waals surface area contributed by atoms with Gasteiger partial charge in [0.1, 0.15) is 5.01 Å². The minimum atomic E-state index is 0. The number of aromatic nitrogens is 1. The second kappa shape index (κ2) is 12.5. The van der Waals surface area contributed by atoms with Crippen molar-refractivity contribution in [2.75, 3.05) is 25.6 Å². The summed E-state index contributed by atoms with van der Waals surface area (Å²) in [4.78, 5) is 8.84. The first-order chi connectivity index (χ1) is 9.67. The van der Waals surface area contributed by atoms with Crippen LogP contribution < -0.4 is 10.6 Å². The van der Waals surface area contributed by atoms with Gasteiger partial charge < -0.3 is 10.6 Å². The Hall–Kier alpha value is -0.0200. The minimum Gasteiger partial charge on any atom is -0.356 e. The summed E-state index contributed by atoms with van der Waals surface area (Å²) in [5, 5.41) is 9.89. The van der Waals surface area contributed by atoms with E-state index >= 15 is 0 Å². The van der Waals surface area contributed by atoms with Gasteiger partial charge in [-0.25, -0.2) is 4.98 Å². The van der Waals surface area contributed by atoms with Gasteiger partial charge >= 0.3 is 0 Å². The number of guanidine groups is 1. The number of aliphatic imine (C=N–C) groups is 1. The van der Waals surface area contributed by atoms with Crippen molar-refractivity contribution in [3.8, 4) is 0 Å². The van der Waals surface area contributed by atoms with E-state index in [0.29, 0.717) is 5.92 Å². The van der Waals surface area contributed by atoms with Crippen molar-refractivity contribution >= 4 is 53.0 Å². The van der Waals surface area contributed by atoms with Crippen LogP contribution in [0.15, 0.2) is 10.4 Å². The molecule has 0 aliphatic carbocycles. The molecule has 0 saturated heterocycles. The second-order valence-electron chi connectivity index (χ2n) is 4.87. The van der Waals surface area contributed by atoms with E-state index in [2.05, 4.69) is 46.1 Å². The molecule has 0 amide bonds. The van der Waals surface area contributed by atoms with Crippen LogP contribution in [0.2, 0.25) is 0 Å². The Labute approximate surface area is 154 Å². The maximum Gasteiger partial charge on any atom is 0.191 e. The lowest BCUT2D eigenvalue weighted by molar-refractivity contribution is 0.730. The van der Waals surface area contributed by atoms with Crippen LogP contribution >= 0.6 is 47.1 Å². The zero-order valence-corrected chi connectivity index (χ0v) is 17.3. The molecule has 0 aromatic carbocycles. The average Bonchev–Trinajstić information content (AvgIpc) is 2.91. The van der Waals surface area contributed by atoms with Crippen molar-refractivity contribution in [3.05, 3.63) is 16.1 Å². The summed E-state index contributed by atoms with van der Waals surface area (Å²) in [7, 11) is 1.80. The van der Waals surface area contributed by atoms with Crippen LogP contribution in [0, 0.1) is 0 Å². The minimum absolute atomic E-state index is 0. The molecule has 0 radical (unpaired) electrons. The first-order valence-electron chi connectivity index (χ1n) is 7.05. The number of hydrogen-bond acceptors (Lipinski definition) is 4. The zero-order chi connectivity index (χ0) is 14.8. The molecular formula is C14H27IN4S2. The van der Waals surface area contributed by atoms with Gasteiger partial charge in [0.2, 0.25) is 0 Å². The third kappa shape index (κ3) is 8.87. The summed E-state index contributed by atoms with van der Waals surface area (Å²) in [6, 6.07) is 0. The predicted molar refractivity (Wildman–Crippen MR) is 107 cm³/mol. The van der Waals surface area contributed by atoms with Crippen molar-refractivity contribution in [1.82, 2.24) is 15.6 Å². The molecule has 1 aromatic heterocycles. The van der Waals surface area contributed by atoms with E-state index < -0.39 is 0 Å². The lowest BCUT2D eigenvalue weighted by Gasteiger charge is -2.10. The van der Waals surface area contributed by atoms with Crippen molar-refractivity contribution < 1.29 is 0 Å². The molecule has 1 rings (SSSR count). The van der Waals surface area contributed by atoms with Crippen LogP contribution in [0.1, 0.15) is 43.3 Å². The highest BCUT2D eigenvalue weighted by Gasteiger charge is 2.06. The summed E-state index contributed by atoms with van der Waals surface area (Å²) in [6.07, 6.45) is 4.57. The molecule has 21 heavy (non-hydrogen) atoms. The van der Waals surface area contributed by atoms with E-state index in [-0.39, 0.29) is 24.0 Å². The van der Waals surface area contributed by atoms with Crippen LogP contribution in [0.3, 0.4) is 0 Å². The highest BCUT2D eigenvalue weighted by Crippen LogP contribution is 2.17. The van der Waals surface area contributed by atoms with Crippen molar-refractivity contribution in [2.45, 2.75) is 39.2 Å². The topological polar surface area (TPSA) is 49.3 Å². The Bertz CT molecular complexity index is 407. The molecule has 7 heteroatoms. The van der Waals surface area contributed by atoms with Crippen molar-refractivity contribution in [1.29, 1.82) is 0 Å². The normalized spacial score (nSPS) is 11.4. The van der Waals surface area contributed by atoms with Crippen LogP contribution in [0.5, 0.6) is 0 Å². The van der Waals surface area contributed by atoms with E-state index in [0.717, 1.165) is 24.1 Å². The van der Waals surface area contributed by atoms with Crippen LogP contribution in [-0.2, 0) is 6.54 Å². The van der Waals surface area contributed by atoms with E-state index in [4.69, 9.17) is 0 Å². The molecule has 1 aromatic rings. The summed E-state index contributed by atoms with van der Waals surface area (Å²) >= 11 is 3.60. The number of nitrogens with zero attached hydrogens (tertiary/aromatic N) is 2. The zero-order valence-electron chi connectivity index (χ0n) is 13.3. The molecule has 4 nitrogen and oxygen atoms in total. The molecule has 0 aliphatic rings. The predicted octanol–water partition coefficient (Wildman–Crippen LogP) is 3.69. The third-order valence-corrected chi connectivity index (χ3v) is 4.42. The summed E-state index contributed by atoms with van der Waals surface area (Å²) < 4.78 is 0. The Morgan fingerprint density at radius 3 is 2.71 bits per heavy atom. The quantitative estimate of drug-likeness (QED) is 0.279. The van der Waals surface area contributed by atoms with Crippen LogP contribution in [0.25, 0.3) is 0 Å². The fourth-order valence-electron chi connectivity index (χ4n) is 1.63. The fraction of sp³-hybridized carbons (Fsp3) is 0.714. The number of hydrogen-bond donors (Lipinski definition) is 2. The van der Waals surface area contributed by atoms with E-state index in [1.54, 1.807) is 18.4 Å². The molecule has 0 unspecified atom stereocenters. The van der Waals surface area contributed by atoms with Gasteiger partial charge in [-0.1, -0.05) is 13.8 Å². The number of unbranched alkanes of at least 4 members (excludes halogenated alkanes) is 1. The lowest BCUT2D eigenvalue weighted by Crippen LogP contribution is -2.37. The maximum atomic E-state index is 4.61. The fourth-order valence-corrected chi connectivity index (χ4v) is 3.02. The molecule has 0 fully saturated rings. The molecule has 0 atom stereocenters. The Balaban J connectivity index is 0.00000400. The number of nitrogens with one attached hydrogen (secondary N) is 2. The number of rotatable bonds is 8. The maximum absolute atomic E-state index is 4.61. The highest BCUT2D eigenvalue weighted by atomic mass is 127. The number of thiazole rings is 1. The molecule has 0 spiro atoms. The van der Waals surface area contributed by atoms with E-state index in [1.165, 1.54) is 24.3 Å². The monoisotopic (exact) mass is 442 g/mol. The van der Waals surface area contributed by atoms with Gasteiger partial charge in [-0.2, -0.15) is 11.8 Å². The van der Waals surface area contributed by atoms with Crippen LogP contribution in [-0.4, -0.2) is 36.5 Å². The Morgan fingerprint density at radius 2 is 2.14 bits per heavy atom. The molecule has 0 bridgehead atoms.